The van der Waals surface area contributed by atoms with Gasteiger partial charge in [0.1, 0.15) is 5.75 Å². The fraction of sp³-hybridized carbons (Fsp3) is 0.316. The number of unbranched alkanes of at least 4 members (excludes halogenated alkanes) is 3. The summed E-state index contributed by atoms with van der Waals surface area (Å²) in [5.74, 6) is 0.480. The molecule has 5 heteroatoms. The molecule has 3 nitrogen and oxygen atoms in total. The van der Waals surface area contributed by atoms with Gasteiger partial charge in [-0.05, 0) is 36.8 Å². The molecule has 24 heavy (non-hydrogen) atoms. The number of hydrogen-bond donors (Lipinski definition) is 1. The van der Waals surface area contributed by atoms with Crippen LogP contribution in [-0.4, -0.2) is 12.5 Å². The van der Waals surface area contributed by atoms with Crippen LogP contribution < -0.4 is 10.1 Å². The van der Waals surface area contributed by atoms with Gasteiger partial charge in [0, 0.05) is 27.4 Å². The van der Waals surface area contributed by atoms with Crippen molar-refractivity contribution >= 4 is 34.8 Å². The number of ether oxygens (including phenoxy) is 1. The first-order valence-electron chi connectivity index (χ1n) is 8.09. The predicted molar refractivity (Wildman–Crippen MR) is 100 cm³/mol. The Morgan fingerprint density at radius 1 is 1.04 bits per heavy atom. The van der Waals surface area contributed by atoms with Crippen LogP contribution in [0.2, 0.25) is 10.0 Å². The summed E-state index contributed by atoms with van der Waals surface area (Å²) < 4.78 is 5.73. The molecular weight excluding hydrogens is 345 g/mol. The third-order valence-electron chi connectivity index (χ3n) is 3.48. The Kier molecular flexibility index (Phi) is 7.41. The maximum Gasteiger partial charge on any atom is 0.255 e. The Labute approximate surface area is 152 Å². The zero-order valence-electron chi connectivity index (χ0n) is 13.6. The number of carbonyl (C=O) groups is 1. The molecule has 0 radical (unpaired) electrons. The Balaban J connectivity index is 1.94. The number of benzene rings is 2. The summed E-state index contributed by atoms with van der Waals surface area (Å²) in [7, 11) is 0. The quantitative estimate of drug-likeness (QED) is 0.565. The van der Waals surface area contributed by atoms with Crippen LogP contribution in [0.25, 0.3) is 0 Å². The van der Waals surface area contributed by atoms with E-state index in [4.69, 9.17) is 27.9 Å². The van der Waals surface area contributed by atoms with Gasteiger partial charge >= 0.3 is 0 Å². The monoisotopic (exact) mass is 365 g/mol. The fourth-order valence-electron chi connectivity index (χ4n) is 2.27. The van der Waals surface area contributed by atoms with Crippen LogP contribution in [-0.2, 0) is 0 Å². The summed E-state index contributed by atoms with van der Waals surface area (Å²) in [5.41, 5.74) is 1.08. The van der Waals surface area contributed by atoms with Gasteiger partial charge in [0.15, 0.2) is 0 Å². The van der Waals surface area contributed by atoms with E-state index in [9.17, 15) is 4.79 Å². The van der Waals surface area contributed by atoms with Gasteiger partial charge in [-0.15, -0.1) is 0 Å². The minimum atomic E-state index is -0.264. The summed E-state index contributed by atoms with van der Waals surface area (Å²) in [6, 6.07) is 12.1. The van der Waals surface area contributed by atoms with Crippen molar-refractivity contribution in [2.24, 2.45) is 0 Å². The van der Waals surface area contributed by atoms with Crippen molar-refractivity contribution in [2.75, 3.05) is 11.9 Å². The van der Waals surface area contributed by atoms with Crippen LogP contribution in [0.3, 0.4) is 0 Å². The molecule has 0 atom stereocenters. The first-order chi connectivity index (χ1) is 11.6. The highest BCUT2D eigenvalue weighted by Gasteiger charge is 2.09. The first-order valence-corrected chi connectivity index (χ1v) is 8.84. The SMILES string of the molecule is CCCCCCOc1cccc(NC(=O)c2cc(Cl)cc(Cl)c2)c1. The van der Waals surface area contributed by atoms with Gasteiger partial charge < -0.3 is 10.1 Å². The molecule has 0 aliphatic heterocycles. The molecule has 0 unspecified atom stereocenters. The maximum atomic E-state index is 12.3. The highest BCUT2D eigenvalue weighted by Crippen LogP contribution is 2.22. The van der Waals surface area contributed by atoms with E-state index < -0.39 is 0 Å². The topological polar surface area (TPSA) is 38.3 Å². The Morgan fingerprint density at radius 3 is 2.50 bits per heavy atom. The Bertz CT molecular complexity index is 669. The van der Waals surface area contributed by atoms with Crippen LogP contribution in [0, 0.1) is 0 Å². The summed E-state index contributed by atoms with van der Waals surface area (Å²) in [6.45, 7) is 2.86. The lowest BCUT2D eigenvalue weighted by Crippen LogP contribution is -2.12. The number of hydrogen-bond acceptors (Lipinski definition) is 2. The average molecular weight is 366 g/mol. The van der Waals surface area contributed by atoms with Gasteiger partial charge in [-0.3, -0.25) is 4.79 Å². The van der Waals surface area contributed by atoms with E-state index in [2.05, 4.69) is 12.2 Å². The molecule has 0 fully saturated rings. The zero-order valence-corrected chi connectivity index (χ0v) is 15.2. The summed E-state index contributed by atoms with van der Waals surface area (Å²) in [6.07, 6.45) is 4.63. The van der Waals surface area contributed by atoms with E-state index in [1.165, 1.54) is 19.3 Å². The summed E-state index contributed by atoms with van der Waals surface area (Å²) >= 11 is 11.9. The second-order valence-electron chi connectivity index (χ2n) is 5.55. The molecule has 1 amide bonds. The van der Waals surface area contributed by atoms with Crippen molar-refractivity contribution in [3.63, 3.8) is 0 Å². The van der Waals surface area contributed by atoms with Crippen LogP contribution in [0.15, 0.2) is 42.5 Å². The zero-order chi connectivity index (χ0) is 17.4. The molecular formula is C19H21Cl2NO2. The molecule has 0 bridgehead atoms. The maximum absolute atomic E-state index is 12.3. The highest BCUT2D eigenvalue weighted by atomic mass is 35.5. The molecule has 1 N–H and O–H groups in total. The number of amides is 1. The molecule has 0 aromatic heterocycles. The van der Waals surface area contributed by atoms with E-state index in [0.29, 0.717) is 27.9 Å². The van der Waals surface area contributed by atoms with E-state index in [-0.39, 0.29) is 5.91 Å². The molecule has 2 aromatic carbocycles. The van der Waals surface area contributed by atoms with Crippen molar-refractivity contribution < 1.29 is 9.53 Å². The summed E-state index contributed by atoms with van der Waals surface area (Å²) in [5, 5.41) is 3.68. The van der Waals surface area contributed by atoms with E-state index in [1.807, 2.05) is 24.3 Å². The number of halogens is 2. The molecule has 128 valence electrons. The largest absolute Gasteiger partial charge is 0.494 e. The highest BCUT2D eigenvalue weighted by molar-refractivity contribution is 6.35. The van der Waals surface area contributed by atoms with Gasteiger partial charge in [0.25, 0.3) is 5.91 Å². The van der Waals surface area contributed by atoms with Gasteiger partial charge in [0.2, 0.25) is 0 Å². The second-order valence-corrected chi connectivity index (χ2v) is 6.42. The van der Waals surface area contributed by atoms with Crippen molar-refractivity contribution in [1.82, 2.24) is 0 Å². The fourth-order valence-corrected chi connectivity index (χ4v) is 2.80. The molecule has 0 aliphatic carbocycles. The number of nitrogens with one attached hydrogen (secondary N) is 1. The normalized spacial score (nSPS) is 10.5. The van der Waals surface area contributed by atoms with Gasteiger partial charge in [0.05, 0.1) is 6.61 Å². The number of anilines is 1. The molecule has 2 aromatic rings. The van der Waals surface area contributed by atoms with Crippen molar-refractivity contribution in [3.05, 3.63) is 58.1 Å². The lowest BCUT2D eigenvalue weighted by atomic mass is 10.2. The van der Waals surface area contributed by atoms with E-state index >= 15 is 0 Å². The molecule has 0 saturated heterocycles. The third kappa shape index (κ3) is 6.06. The smallest absolute Gasteiger partial charge is 0.255 e. The summed E-state index contributed by atoms with van der Waals surface area (Å²) in [4.78, 5) is 12.3. The minimum Gasteiger partial charge on any atom is -0.494 e. The first kappa shape index (κ1) is 18.6. The van der Waals surface area contributed by atoms with Gasteiger partial charge in [-0.1, -0.05) is 55.5 Å². The van der Waals surface area contributed by atoms with Crippen LogP contribution in [0.5, 0.6) is 5.75 Å². The van der Waals surface area contributed by atoms with Crippen LogP contribution in [0.1, 0.15) is 43.0 Å². The molecule has 0 aliphatic rings. The molecule has 2 rings (SSSR count). The van der Waals surface area contributed by atoms with E-state index in [0.717, 1.165) is 12.2 Å². The van der Waals surface area contributed by atoms with Crippen molar-refractivity contribution in [3.8, 4) is 5.75 Å². The predicted octanol–water partition coefficient (Wildman–Crippen LogP) is 6.20. The minimum absolute atomic E-state index is 0.264. The molecule has 0 spiro atoms. The van der Waals surface area contributed by atoms with Crippen molar-refractivity contribution in [1.29, 1.82) is 0 Å². The Morgan fingerprint density at radius 2 is 1.79 bits per heavy atom. The third-order valence-corrected chi connectivity index (χ3v) is 3.92. The van der Waals surface area contributed by atoms with Gasteiger partial charge in [-0.2, -0.15) is 0 Å². The molecule has 0 saturated carbocycles. The lowest BCUT2D eigenvalue weighted by molar-refractivity contribution is 0.102. The van der Waals surface area contributed by atoms with Gasteiger partial charge in [-0.25, -0.2) is 0 Å². The molecule has 0 heterocycles. The number of carbonyl (C=O) groups excluding carboxylic acids is 1. The number of rotatable bonds is 8. The van der Waals surface area contributed by atoms with Crippen LogP contribution in [0.4, 0.5) is 5.69 Å². The second kappa shape index (κ2) is 9.55. The van der Waals surface area contributed by atoms with Crippen molar-refractivity contribution in [2.45, 2.75) is 32.6 Å². The average Bonchev–Trinajstić information content (AvgIpc) is 2.54. The van der Waals surface area contributed by atoms with E-state index in [1.54, 1.807) is 18.2 Å². The Hall–Kier alpha value is -1.71. The standard InChI is InChI=1S/C19H21Cl2NO2/c1-2-3-4-5-9-24-18-8-6-7-17(13-18)22-19(23)14-10-15(20)12-16(21)11-14/h6-8,10-13H,2-5,9H2,1H3,(H,22,23). The lowest BCUT2D eigenvalue weighted by Gasteiger charge is -2.09. The van der Waals surface area contributed by atoms with Crippen LogP contribution >= 0.6 is 23.2 Å².